The Hall–Kier alpha value is -10.9. The van der Waals surface area contributed by atoms with Gasteiger partial charge in [-0.25, -0.2) is 0 Å². The zero-order valence-electron chi connectivity index (χ0n) is 39.3. The molecule has 8 nitrogen and oxygen atoms in total. The van der Waals surface area contributed by atoms with Gasteiger partial charge in [-0.1, -0.05) is 0 Å². The first-order valence-corrected chi connectivity index (χ1v) is 19.9. The number of rotatable bonds is 8. The number of fused-ring (bicyclic) bond motifs is 12. The highest BCUT2D eigenvalue weighted by molar-refractivity contribution is 5.61. The highest BCUT2D eigenvalue weighted by Gasteiger charge is 2.29. The fourth-order valence-electron chi connectivity index (χ4n) is 4.84. The van der Waals surface area contributed by atoms with Crippen LogP contribution in [0.4, 0.5) is 0 Å². The molecule has 8 bridgehead atoms. The zero-order valence-corrected chi connectivity index (χ0v) is 39.3. The largest absolute Gasteiger partial charge is 0.345 e. The molecule has 328 valence electrons. The molecule has 0 spiro atoms. The molecule has 0 unspecified atom stereocenters. The molecule has 0 atom stereocenters. The van der Waals surface area contributed by atoms with Gasteiger partial charge < -0.3 is 37.9 Å². The van der Waals surface area contributed by atoms with Crippen LogP contribution in [0.25, 0.3) is 0 Å². The first-order valence-electron chi connectivity index (χ1n) is 19.9. The molecule has 0 N–H and O–H groups in total. The van der Waals surface area contributed by atoms with E-state index in [0.29, 0.717) is 0 Å². The minimum absolute atomic E-state index is 1.31. The molecule has 6 rings (SSSR count). The predicted octanol–water partition coefficient (Wildman–Crippen LogP) is -0.782. The molecule has 6 aliphatic carbocycles. The first-order chi connectivity index (χ1) is 35.0. The van der Waals surface area contributed by atoms with E-state index >= 15 is 0 Å². The molecule has 6 aliphatic rings. The quantitative estimate of drug-likeness (QED) is 0.294. The molecule has 0 amide bonds. The Morgan fingerprint density at radius 2 is 0.181 bits per heavy atom. The van der Waals surface area contributed by atoms with Crippen LogP contribution in [-0.2, 0) is 37.9 Å². The molecule has 8 heteroatoms. The molecule has 0 radical (unpaired) electrons. The average molecular weight is 921 g/mol. The van der Waals surface area contributed by atoms with E-state index in [1.807, 2.05) is 0 Å². The number of ether oxygens (including phenoxy) is 8. The van der Waals surface area contributed by atoms with Gasteiger partial charge in [0.05, 0.1) is 0 Å². The van der Waals surface area contributed by atoms with E-state index in [0.717, 1.165) is 0 Å². The Morgan fingerprint density at radius 3 is 0.222 bits per heavy atom. The van der Waals surface area contributed by atoms with E-state index in [4.69, 9.17) is 37.9 Å². The smallest absolute Gasteiger partial charge is 0.256 e. The summed E-state index contributed by atoms with van der Waals surface area (Å²) in [6.45, 7) is 0. The van der Waals surface area contributed by atoms with E-state index in [-0.39, 0.29) is 0 Å². The monoisotopic (exact) mass is 920 g/mol. The van der Waals surface area contributed by atoms with Crippen LogP contribution in [0.2, 0.25) is 0 Å². The van der Waals surface area contributed by atoms with Crippen molar-refractivity contribution < 1.29 is 37.9 Å². The lowest BCUT2D eigenvalue weighted by Crippen LogP contribution is -2.27. The van der Waals surface area contributed by atoms with E-state index in [1.165, 1.54) is 56.9 Å². The molecular weight excluding hydrogens is 897 g/mol. The van der Waals surface area contributed by atoms with Crippen LogP contribution < -0.4 is 0 Å². The third-order valence-electron chi connectivity index (χ3n) is 8.92. The summed E-state index contributed by atoms with van der Waals surface area (Å²) < 4.78 is 46.2. The van der Waals surface area contributed by atoms with Gasteiger partial charge in [0.1, 0.15) is 0 Å². The number of hydrogen-bond acceptors (Lipinski definition) is 8. The second-order valence-corrected chi connectivity index (χ2v) is 13.1. The Balaban J connectivity index is 2.20. The van der Waals surface area contributed by atoms with Crippen molar-refractivity contribution >= 4 is 0 Å². The summed E-state index contributed by atoms with van der Waals surface area (Å²) in [5, 5.41) is 0. The summed E-state index contributed by atoms with van der Waals surface area (Å²) in [5.74, 6) is 133. The van der Waals surface area contributed by atoms with Crippen molar-refractivity contribution in [2.45, 2.75) is 44.8 Å². The number of hydrogen-bond donors (Lipinski definition) is 0. The fraction of sp³-hybridized carbons (Fsp3) is 0.250. The van der Waals surface area contributed by atoms with Crippen LogP contribution in [0.15, 0.2) is 0 Å². The second kappa shape index (κ2) is 24.2. The summed E-state index contributed by atoms with van der Waals surface area (Å²) in [7, 11) is 10.5. The Labute approximate surface area is 422 Å². The Bertz CT molecular complexity index is 2860. The van der Waals surface area contributed by atoms with Gasteiger partial charge in [0.25, 0.3) is 44.8 Å². The van der Waals surface area contributed by atoms with Gasteiger partial charge in [-0.05, 0) is 284 Å². The predicted molar refractivity (Wildman–Crippen MR) is 265 cm³/mol. The summed E-state index contributed by atoms with van der Waals surface area (Å²) in [6.07, 6.45) is 0. The summed E-state index contributed by atoms with van der Waals surface area (Å²) in [5.41, 5.74) is -15.2. The topological polar surface area (TPSA) is 73.8 Å². The molecular formula is C64H24O8. The summed E-state index contributed by atoms with van der Waals surface area (Å²) in [6, 6.07) is 0. The summed E-state index contributed by atoms with van der Waals surface area (Å²) >= 11 is 0. The first kappa shape index (κ1) is 52.1. The fourth-order valence-corrected chi connectivity index (χ4v) is 4.84. The van der Waals surface area contributed by atoms with Crippen molar-refractivity contribution in [3.05, 3.63) is 0 Å². The number of methoxy groups -OCH3 is 8. The van der Waals surface area contributed by atoms with Crippen LogP contribution in [-0.4, -0.2) is 102 Å². The maximum Gasteiger partial charge on any atom is 0.256 e. The second-order valence-electron chi connectivity index (χ2n) is 13.1. The van der Waals surface area contributed by atoms with Crippen molar-refractivity contribution in [2.75, 3.05) is 56.9 Å². The maximum absolute atomic E-state index is 5.77. The Kier molecular flexibility index (Phi) is 17.5. The third-order valence-corrected chi connectivity index (χ3v) is 8.92. The highest BCUT2D eigenvalue weighted by atomic mass is 16.5. The lowest BCUT2D eigenvalue weighted by atomic mass is 10.0. The third kappa shape index (κ3) is 13.6. The molecule has 0 aromatic carbocycles. The summed E-state index contributed by atoms with van der Waals surface area (Å²) in [4.78, 5) is 0. The molecule has 0 saturated carbocycles. The SMILES string of the molecule is COC12C#CC#CC3(OC)C#CC#CC4(OC)C#CC#CC(OC)(C#CC#C1)C#CC#CC1(OC)C#CC#CC(OC)(C#CC#C2)C#CC#CC(OC)(C#CC#C3)C#CC#CC(OC)(C#CC#C4)C#CC#C1. The van der Waals surface area contributed by atoms with E-state index in [2.05, 4.69) is 284 Å². The highest BCUT2D eigenvalue weighted by Crippen LogP contribution is 2.14. The molecule has 0 aromatic heterocycles. The molecule has 0 fully saturated rings. The van der Waals surface area contributed by atoms with Gasteiger partial charge in [0.15, 0.2) is 0 Å². The standard InChI is InChI=1S/C64H24O8/c1-65-57-33-9-12-36-58(66-2)39-15-21-45-61(69-5)47-23-17-41-59(67-3,37-13-10-34-57)43-19-25-49-63(71-7)50-26-20-44-60(68-4,38-14-11-35-57)42-18-24-48-62(70-6,46-22-16-40-58)52-28-31-55-64(72-8,54-30-27-51-61)56-32-29-53-63/h1-8H3. The van der Waals surface area contributed by atoms with Crippen molar-refractivity contribution in [3.8, 4) is 284 Å². The van der Waals surface area contributed by atoms with Crippen LogP contribution in [0, 0.1) is 284 Å². The van der Waals surface area contributed by atoms with Gasteiger partial charge in [-0.15, -0.1) is 0 Å². The molecule has 0 aliphatic heterocycles. The van der Waals surface area contributed by atoms with Crippen LogP contribution in [0.1, 0.15) is 0 Å². The average Bonchev–Trinajstić information content (AvgIpc) is 3.41. The minimum Gasteiger partial charge on any atom is -0.345 e. The minimum atomic E-state index is -1.90. The van der Waals surface area contributed by atoms with Crippen LogP contribution in [0.3, 0.4) is 0 Å². The Morgan fingerprint density at radius 1 is 0.125 bits per heavy atom. The van der Waals surface area contributed by atoms with Gasteiger partial charge in [-0.2, -0.15) is 0 Å². The lowest BCUT2D eigenvalue weighted by molar-refractivity contribution is 0.138. The zero-order chi connectivity index (χ0) is 51.6. The lowest BCUT2D eigenvalue weighted by Gasteiger charge is -2.14. The van der Waals surface area contributed by atoms with Gasteiger partial charge in [0.2, 0.25) is 0 Å². The van der Waals surface area contributed by atoms with Crippen molar-refractivity contribution in [3.63, 3.8) is 0 Å². The van der Waals surface area contributed by atoms with Crippen molar-refractivity contribution in [1.29, 1.82) is 0 Å². The van der Waals surface area contributed by atoms with Crippen molar-refractivity contribution in [2.24, 2.45) is 0 Å². The molecule has 0 aromatic rings. The molecule has 0 heterocycles. The normalized spacial score (nSPS) is 28.3. The van der Waals surface area contributed by atoms with Gasteiger partial charge in [-0.3, -0.25) is 0 Å². The maximum atomic E-state index is 5.77. The van der Waals surface area contributed by atoms with E-state index in [9.17, 15) is 0 Å². The van der Waals surface area contributed by atoms with Gasteiger partial charge >= 0.3 is 0 Å². The van der Waals surface area contributed by atoms with E-state index in [1.54, 1.807) is 0 Å². The van der Waals surface area contributed by atoms with Crippen LogP contribution in [0.5, 0.6) is 0 Å². The molecule has 0 saturated heterocycles. The van der Waals surface area contributed by atoms with E-state index < -0.39 is 44.8 Å². The van der Waals surface area contributed by atoms with Gasteiger partial charge in [0, 0.05) is 56.9 Å². The van der Waals surface area contributed by atoms with Crippen molar-refractivity contribution in [1.82, 2.24) is 0 Å². The van der Waals surface area contributed by atoms with Crippen LogP contribution >= 0.6 is 0 Å². The molecule has 72 heavy (non-hydrogen) atoms.